The Labute approximate surface area is 110 Å². The van der Waals surface area contributed by atoms with Crippen LogP contribution in [0.4, 0.5) is 11.4 Å². The Balaban J connectivity index is 2.19. The van der Waals surface area contributed by atoms with Crippen molar-refractivity contribution in [2.75, 3.05) is 17.3 Å². The van der Waals surface area contributed by atoms with E-state index in [1.165, 1.54) is 0 Å². The van der Waals surface area contributed by atoms with Gasteiger partial charge in [0.05, 0.1) is 5.69 Å². The van der Waals surface area contributed by atoms with Crippen molar-refractivity contribution in [3.63, 3.8) is 0 Å². The molecule has 0 atom stereocenters. The summed E-state index contributed by atoms with van der Waals surface area (Å²) in [6.45, 7) is 0. The van der Waals surface area contributed by atoms with Gasteiger partial charge in [-0.15, -0.1) is 11.8 Å². The molecule has 3 N–H and O–H groups in total. The zero-order chi connectivity index (χ0) is 13.0. The number of pyridine rings is 1. The molecular weight excluding hydrogens is 246 g/mol. The van der Waals surface area contributed by atoms with Gasteiger partial charge in [-0.2, -0.15) is 0 Å². The smallest absolute Gasteiger partial charge is 0.276 e. The fourth-order valence-electron chi connectivity index (χ4n) is 1.50. The monoisotopic (exact) mass is 259 g/mol. The average Bonchev–Trinajstić information content (AvgIpc) is 2.39. The number of nitrogens with one attached hydrogen (secondary N) is 1. The normalized spacial score (nSPS) is 10.1. The molecule has 0 bridgehead atoms. The molecule has 1 aromatic carbocycles. The van der Waals surface area contributed by atoms with Crippen molar-refractivity contribution in [2.24, 2.45) is 0 Å². The molecule has 1 aromatic heterocycles. The highest BCUT2D eigenvalue weighted by Crippen LogP contribution is 2.19. The number of aromatic nitrogens is 1. The number of hydrogen-bond acceptors (Lipinski definition) is 4. The van der Waals surface area contributed by atoms with Gasteiger partial charge in [0.1, 0.15) is 0 Å². The topological polar surface area (TPSA) is 68.0 Å². The maximum Gasteiger partial charge on any atom is 0.276 e. The first-order valence-corrected chi connectivity index (χ1v) is 6.59. The third-order valence-corrected chi connectivity index (χ3v) is 3.11. The number of nitrogens with two attached hydrogens (primary N) is 1. The van der Waals surface area contributed by atoms with Gasteiger partial charge in [0.15, 0.2) is 5.69 Å². The third kappa shape index (κ3) is 2.81. The molecule has 0 fully saturated rings. The summed E-state index contributed by atoms with van der Waals surface area (Å²) in [4.78, 5) is 17.0. The summed E-state index contributed by atoms with van der Waals surface area (Å²) in [7, 11) is 0. The van der Waals surface area contributed by atoms with Gasteiger partial charge in [0, 0.05) is 16.8 Å². The van der Waals surface area contributed by atoms with Crippen LogP contribution < -0.4 is 11.1 Å². The number of thioether (sulfide) groups is 1. The Morgan fingerprint density at radius 1 is 1.33 bits per heavy atom. The van der Waals surface area contributed by atoms with E-state index in [0.29, 0.717) is 5.69 Å². The zero-order valence-electron chi connectivity index (χ0n) is 9.88. The summed E-state index contributed by atoms with van der Waals surface area (Å²) >= 11 is 1.62. The van der Waals surface area contributed by atoms with E-state index >= 15 is 0 Å². The Bertz CT molecular complexity index is 572. The zero-order valence-corrected chi connectivity index (χ0v) is 10.7. The predicted molar refractivity (Wildman–Crippen MR) is 74.8 cm³/mol. The summed E-state index contributed by atoms with van der Waals surface area (Å²) in [5.41, 5.74) is 7.05. The van der Waals surface area contributed by atoms with Crippen molar-refractivity contribution in [3.05, 3.63) is 48.3 Å². The molecule has 0 aliphatic carbocycles. The third-order valence-electron chi connectivity index (χ3n) is 2.38. The maximum absolute atomic E-state index is 12.0. The lowest BCUT2D eigenvalue weighted by Crippen LogP contribution is -2.15. The summed E-state index contributed by atoms with van der Waals surface area (Å²) in [6.07, 6.45) is 3.53. The van der Waals surface area contributed by atoms with Crippen LogP contribution in [-0.2, 0) is 0 Å². The van der Waals surface area contributed by atoms with E-state index in [0.717, 1.165) is 10.6 Å². The standard InChI is InChI=1S/C13H13N3OS/c1-18-10-5-2-4-9(8-10)16-13(17)12-11(14)6-3-7-15-12/h2-8H,14H2,1H3,(H,16,17). The second-order valence-corrected chi connectivity index (χ2v) is 4.51. The van der Waals surface area contributed by atoms with E-state index in [1.807, 2.05) is 30.5 Å². The summed E-state index contributed by atoms with van der Waals surface area (Å²) in [6, 6.07) is 11.0. The van der Waals surface area contributed by atoms with Crippen molar-refractivity contribution in [1.29, 1.82) is 0 Å². The van der Waals surface area contributed by atoms with Crippen LogP contribution in [0.2, 0.25) is 0 Å². The number of nitrogen functional groups attached to an aromatic ring is 1. The number of carbonyl (C=O) groups is 1. The number of hydrogen-bond donors (Lipinski definition) is 2. The van der Waals surface area contributed by atoms with Crippen molar-refractivity contribution < 1.29 is 4.79 Å². The van der Waals surface area contributed by atoms with Gasteiger partial charge in [0.25, 0.3) is 5.91 Å². The van der Waals surface area contributed by atoms with Crippen molar-refractivity contribution in [3.8, 4) is 0 Å². The number of anilines is 2. The van der Waals surface area contributed by atoms with Crippen LogP contribution in [0, 0.1) is 0 Å². The van der Waals surface area contributed by atoms with E-state index in [9.17, 15) is 4.79 Å². The van der Waals surface area contributed by atoms with E-state index in [4.69, 9.17) is 5.73 Å². The SMILES string of the molecule is CSc1cccc(NC(=O)c2ncccc2N)c1. The first-order valence-electron chi connectivity index (χ1n) is 5.36. The van der Waals surface area contributed by atoms with Gasteiger partial charge in [-0.3, -0.25) is 4.79 Å². The number of benzene rings is 1. The van der Waals surface area contributed by atoms with Crippen LogP contribution in [0.1, 0.15) is 10.5 Å². The van der Waals surface area contributed by atoms with Crippen molar-refractivity contribution in [1.82, 2.24) is 4.98 Å². The molecular formula is C13H13N3OS. The number of rotatable bonds is 3. The van der Waals surface area contributed by atoms with Crippen LogP contribution in [0.15, 0.2) is 47.5 Å². The number of amides is 1. The van der Waals surface area contributed by atoms with Crippen LogP contribution in [0.5, 0.6) is 0 Å². The largest absolute Gasteiger partial charge is 0.397 e. The molecule has 0 saturated heterocycles. The molecule has 2 aromatic rings. The molecule has 0 aliphatic heterocycles. The maximum atomic E-state index is 12.0. The summed E-state index contributed by atoms with van der Waals surface area (Å²) < 4.78 is 0. The van der Waals surface area contributed by atoms with E-state index in [2.05, 4.69) is 10.3 Å². The highest BCUT2D eigenvalue weighted by atomic mass is 32.2. The molecule has 2 rings (SSSR count). The van der Waals surface area contributed by atoms with Gasteiger partial charge >= 0.3 is 0 Å². The van der Waals surface area contributed by atoms with Gasteiger partial charge in [0.2, 0.25) is 0 Å². The lowest BCUT2D eigenvalue weighted by Gasteiger charge is -2.07. The molecule has 0 unspecified atom stereocenters. The Morgan fingerprint density at radius 3 is 2.89 bits per heavy atom. The van der Waals surface area contributed by atoms with E-state index in [-0.39, 0.29) is 11.6 Å². The molecule has 0 aliphatic rings. The average molecular weight is 259 g/mol. The number of carbonyl (C=O) groups excluding carboxylic acids is 1. The molecule has 5 heteroatoms. The molecule has 4 nitrogen and oxygen atoms in total. The Kier molecular flexibility index (Phi) is 3.84. The summed E-state index contributed by atoms with van der Waals surface area (Å²) in [5, 5.41) is 2.78. The van der Waals surface area contributed by atoms with Gasteiger partial charge < -0.3 is 11.1 Å². The second-order valence-electron chi connectivity index (χ2n) is 3.63. The molecule has 92 valence electrons. The van der Waals surface area contributed by atoms with E-state index < -0.39 is 0 Å². The van der Waals surface area contributed by atoms with Gasteiger partial charge in [-0.1, -0.05) is 6.07 Å². The molecule has 0 spiro atoms. The van der Waals surface area contributed by atoms with Gasteiger partial charge in [-0.25, -0.2) is 4.98 Å². The molecule has 18 heavy (non-hydrogen) atoms. The van der Waals surface area contributed by atoms with Crippen molar-refractivity contribution >= 4 is 29.0 Å². The van der Waals surface area contributed by atoms with Crippen LogP contribution in [0.3, 0.4) is 0 Å². The van der Waals surface area contributed by atoms with Crippen molar-refractivity contribution in [2.45, 2.75) is 4.90 Å². The molecule has 1 amide bonds. The first-order chi connectivity index (χ1) is 8.70. The minimum Gasteiger partial charge on any atom is -0.397 e. The Hall–Kier alpha value is -2.01. The van der Waals surface area contributed by atoms with Crippen LogP contribution in [0.25, 0.3) is 0 Å². The fraction of sp³-hybridized carbons (Fsp3) is 0.0769. The molecule has 1 heterocycles. The lowest BCUT2D eigenvalue weighted by atomic mass is 10.2. The highest BCUT2D eigenvalue weighted by Gasteiger charge is 2.10. The van der Waals surface area contributed by atoms with Crippen LogP contribution in [-0.4, -0.2) is 17.1 Å². The minimum absolute atomic E-state index is 0.243. The molecule has 0 saturated carbocycles. The summed E-state index contributed by atoms with van der Waals surface area (Å²) in [5.74, 6) is -0.300. The predicted octanol–water partition coefficient (Wildman–Crippen LogP) is 2.64. The van der Waals surface area contributed by atoms with Gasteiger partial charge in [-0.05, 0) is 36.6 Å². The fourth-order valence-corrected chi connectivity index (χ4v) is 1.96. The quantitative estimate of drug-likeness (QED) is 0.831. The number of nitrogens with zero attached hydrogens (tertiary/aromatic N) is 1. The first kappa shape index (κ1) is 12.4. The minimum atomic E-state index is -0.300. The molecule has 0 radical (unpaired) electrons. The highest BCUT2D eigenvalue weighted by molar-refractivity contribution is 7.98. The lowest BCUT2D eigenvalue weighted by molar-refractivity contribution is 0.102. The second kappa shape index (κ2) is 5.55. The van der Waals surface area contributed by atoms with E-state index in [1.54, 1.807) is 30.1 Å². The van der Waals surface area contributed by atoms with Crippen LogP contribution >= 0.6 is 11.8 Å². The Morgan fingerprint density at radius 2 is 2.17 bits per heavy atom.